The normalized spacial score (nSPS) is 10.0. The van der Waals surface area contributed by atoms with E-state index < -0.39 is 40.8 Å². The largest absolute Gasteiger partial charge is 0.206 e. The lowest BCUT2D eigenvalue weighted by atomic mass is 10.1. The lowest BCUT2D eigenvalue weighted by Crippen LogP contribution is -2.05. The summed E-state index contributed by atoms with van der Waals surface area (Å²) in [7, 11) is 0. The molecule has 0 atom stereocenters. The SMILES string of the molecule is Cc1c(F)c(F)c(F)c(CC#N)c1F. The molecule has 1 aromatic carbocycles. The summed E-state index contributed by atoms with van der Waals surface area (Å²) in [4.78, 5) is 0. The molecule has 1 aromatic rings. The van der Waals surface area contributed by atoms with Crippen LogP contribution >= 0.6 is 0 Å². The molecule has 74 valence electrons. The van der Waals surface area contributed by atoms with E-state index in [1.54, 1.807) is 0 Å². The molecule has 0 heterocycles. The lowest BCUT2D eigenvalue weighted by molar-refractivity contribution is 0.421. The fourth-order valence-electron chi connectivity index (χ4n) is 1.05. The summed E-state index contributed by atoms with van der Waals surface area (Å²) in [6.45, 7) is 0.980. The quantitative estimate of drug-likeness (QED) is 0.391. The summed E-state index contributed by atoms with van der Waals surface area (Å²) in [5.74, 6) is -6.13. The topological polar surface area (TPSA) is 23.8 Å². The molecule has 0 aromatic heterocycles. The maximum atomic E-state index is 13.1. The Kier molecular flexibility index (Phi) is 2.75. The molecule has 0 aliphatic carbocycles. The van der Waals surface area contributed by atoms with E-state index in [2.05, 4.69) is 0 Å². The molecule has 0 unspecified atom stereocenters. The highest BCUT2D eigenvalue weighted by Crippen LogP contribution is 2.23. The first-order chi connectivity index (χ1) is 6.50. The minimum absolute atomic E-state index is 0.617. The van der Waals surface area contributed by atoms with Gasteiger partial charge >= 0.3 is 0 Å². The van der Waals surface area contributed by atoms with E-state index >= 15 is 0 Å². The Morgan fingerprint density at radius 2 is 1.57 bits per heavy atom. The van der Waals surface area contributed by atoms with E-state index in [-0.39, 0.29) is 0 Å². The van der Waals surface area contributed by atoms with Crippen molar-refractivity contribution in [3.8, 4) is 6.07 Å². The van der Waals surface area contributed by atoms with E-state index in [0.29, 0.717) is 0 Å². The molecular formula is C9H5F4N. The fraction of sp³-hybridized carbons (Fsp3) is 0.222. The van der Waals surface area contributed by atoms with Crippen LogP contribution in [-0.2, 0) is 6.42 Å². The highest BCUT2D eigenvalue weighted by Gasteiger charge is 2.22. The van der Waals surface area contributed by atoms with Crippen molar-refractivity contribution >= 4 is 0 Å². The molecule has 1 nitrogen and oxygen atoms in total. The summed E-state index contributed by atoms with van der Waals surface area (Å²) in [5.41, 5.74) is -1.35. The third-order valence-corrected chi connectivity index (χ3v) is 1.83. The Balaban J connectivity index is 3.53. The van der Waals surface area contributed by atoms with Crippen LogP contribution in [-0.4, -0.2) is 0 Å². The summed E-state index contributed by atoms with van der Waals surface area (Å²) < 4.78 is 51.4. The monoisotopic (exact) mass is 203 g/mol. The maximum Gasteiger partial charge on any atom is 0.195 e. The smallest absolute Gasteiger partial charge is 0.195 e. The average molecular weight is 203 g/mol. The molecule has 0 amide bonds. The zero-order valence-electron chi connectivity index (χ0n) is 7.17. The Morgan fingerprint density at radius 1 is 1.00 bits per heavy atom. The number of hydrogen-bond acceptors (Lipinski definition) is 1. The highest BCUT2D eigenvalue weighted by molar-refractivity contribution is 5.31. The predicted molar refractivity (Wildman–Crippen MR) is 40.3 cm³/mol. The van der Waals surface area contributed by atoms with Gasteiger partial charge in [-0.3, -0.25) is 0 Å². The van der Waals surface area contributed by atoms with E-state index in [1.165, 1.54) is 6.07 Å². The van der Waals surface area contributed by atoms with Crippen LogP contribution in [0.2, 0.25) is 0 Å². The van der Waals surface area contributed by atoms with Crippen LogP contribution < -0.4 is 0 Å². The third kappa shape index (κ3) is 1.43. The van der Waals surface area contributed by atoms with Crippen LogP contribution in [0.4, 0.5) is 17.6 Å². The van der Waals surface area contributed by atoms with Gasteiger partial charge in [-0.1, -0.05) is 0 Å². The van der Waals surface area contributed by atoms with Gasteiger partial charge in [0.15, 0.2) is 17.5 Å². The van der Waals surface area contributed by atoms with Gasteiger partial charge in [0.25, 0.3) is 0 Å². The number of rotatable bonds is 1. The van der Waals surface area contributed by atoms with Crippen LogP contribution in [0.5, 0.6) is 0 Å². The van der Waals surface area contributed by atoms with Gasteiger partial charge in [0, 0.05) is 11.1 Å². The van der Waals surface area contributed by atoms with Crippen LogP contribution in [0.15, 0.2) is 0 Å². The van der Waals surface area contributed by atoms with E-state index in [1.807, 2.05) is 0 Å². The molecule has 0 fully saturated rings. The highest BCUT2D eigenvalue weighted by atomic mass is 19.2. The van der Waals surface area contributed by atoms with Gasteiger partial charge in [-0.15, -0.1) is 0 Å². The first kappa shape index (κ1) is 10.5. The standard InChI is InChI=1S/C9H5F4N/c1-4-6(10)5(2-3-14)8(12)9(13)7(4)11/h2H2,1H3. The van der Waals surface area contributed by atoms with Crippen LogP contribution in [0.1, 0.15) is 11.1 Å². The fourth-order valence-corrected chi connectivity index (χ4v) is 1.05. The van der Waals surface area contributed by atoms with Crippen molar-refractivity contribution in [2.45, 2.75) is 13.3 Å². The number of benzene rings is 1. The van der Waals surface area contributed by atoms with E-state index in [4.69, 9.17) is 5.26 Å². The van der Waals surface area contributed by atoms with Crippen molar-refractivity contribution in [3.63, 3.8) is 0 Å². The number of halogens is 4. The molecule has 0 saturated heterocycles. The maximum absolute atomic E-state index is 13.1. The van der Waals surface area contributed by atoms with Gasteiger partial charge in [-0.2, -0.15) is 5.26 Å². The molecule has 0 N–H and O–H groups in total. The zero-order chi connectivity index (χ0) is 10.9. The second-order valence-electron chi connectivity index (χ2n) is 2.69. The van der Waals surface area contributed by atoms with Crippen LogP contribution in [0, 0.1) is 41.5 Å². The van der Waals surface area contributed by atoms with Crippen molar-refractivity contribution in [1.29, 1.82) is 5.26 Å². The molecule has 0 spiro atoms. The Bertz CT molecular complexity index is 391. The Labute approximate surface area is 77.6 Å². The van der Waals surface area contributed by atoms with Crippen LogP contribution in [0.25, 0.3) is 0 Å². The van der Waals surface area contributed by atoms with Gasteiger partial charge in [0.05, 0.1) is 12.5 Å². The number of nitriles is 1. The second kappa shape index (κ2) is 3.66. The van der Waals surface area contributed by atoms with E-state index in [0.717, 1.165) is 6.92 Å². The number of hydrogen-bond donors (Lipinski definition) is 0. The van der Waals surface area contributed by atoms with E-state index in [9.17, 15) is 17.6 Å². The first-order valence-electron chi connectivity index (χ1n) is 3.69. The molecule has 0 saturated carbocycles. The molecular weight excluding hydrogens is 198 g/mol. The Hall–Kier alpha value is -1.57. The van der Waals surface area contributed by atoms with Crippen molar-refractivity contribution < 1.29 is 17.6 Å². The second-order valence-corrected chi connectivity index (χ2v) is 2.69. The van der Waals surface area contributed by atoms with Gasteiger partial charge in [0.1, 0.15) is 5.82 Å². The molecule has 0 bridgehead atoms. The summed E-state index contributed by atoms with van der Waals surface area (Å²) in [6, 6.07) is 1.47. The molecule has 0 radical (unpaired) electrons. The Morgan fingerprint density at radius 3 is 2.07 bits per heavy atom. The van der Waals surface area contributed by atoms with Gasteiger partial charge < -0.3 is 0 Å². The van der Waals surface area contributed by atoms with Crippen molar-refractivity contribution in [3.05, 3.63) is 34.4 Å². The first-order valence-corrected chi connectivity index (χ1v) is 3.69. The summed E-state index contributed by atoms with van der Waals surface area (Å²) in [6.07, 6.45) is -0.629. The summed E-state index contributed by atoms with van der Waals surface area (Å²) in [5, 5.41) is 8.22. The molecule has 5 heteroatoms. The van der Waals surface area contributed by atoms with Crippen molar-refractivity contribution in [2.24, 2.45) is 0 Å². The number of nitrogens with zero attached hydrogens (tertiary/aromatic N) is 1. The van der Waals surface area contributed by atoms with Crippen molar-refractivity contribution in [2.75, 3.05) is 0 Å². The molecule has 14 heavy (non-hydrogen) atoms. The average Bonchev–Trinajstić information content (AvgIpc) is 2.19. The molecule has 0 aliphatic rings. The van der Waals surface area contributed by atoms with Gasteiger partial charge in [0.2, 0.25) is 0 Å². The minimum Gasteiger partial charge on any atom is -0.206 e. The molecule has 1 rings (SSSR count). The van der Waals surface area contributed by atoms with Gasteiger partial charge in [-0.05, 0) is 6.92 Å². The summed E-state index contributed by atoms with van der Waals surface area (Å²) >= 11 is 0. The minimum atomic E-state index is -1.74. The zero-order valence-corrected chi connectivity index (χ0v) is 7.17. The lowest BCUT2D eigenvalue weighted by Gasteiger charge is -2.06. The van der Waals surface area contributed by atoms with Gasteiger partial charge in [-0.25, -0.2) is 17.6 Å². The van der Waals surface area contributed by atoms with Crippen molar-refractivity contribution in [1.82, 2.24) is 0 Å². The molecule has 0 aliphatic heterocycles. The third-order valence-electron chi connectivity index (χ3n) is 1.83. The van der Waals surface area contributed by atoms with Crippen LogP contribution in [0.3, 0.4) is 0 Å². The predicted octanol–water partition coefficient (Wildman–Crippen LogP) is 2.62.